The zero-order valence-electron chi connectivity index (χ0n) is 10.7. The molecule has 1 heterocycles. The normalized spacial score (nSPS) is 14.6. The molecule has 0 fully saturated rings. The number of carbonyl (C=O) groups excluding carboxylic acids is 1. The first-order valence-electron chi connectivity index (χ1n) is 6.50. The van der Waals surface area contributed by atoms with E-state index in [9.17, 15) is 10.1 Å². The molecule has 1 unspecified atom stereocenters. The Kier molecular flexibility index (Phi) is 3.60. The lowest BCUT2D eigenvalue weighted by molar-refractivity contribution is 0.0982. The lowest BCUT2D eigenvalue weighted by Gasteiger charge is -2.07. The smallest absolute Gasteiger partial charge is 0.194 e. The lowest BCUT2D eigenvalue weighted by atomic mass is 9.95. The van der Waals surface area contributed by atoms with E-state index in [1.54, 1.807) is 24.3 Å². The summed E-state index contributed by atoms with van der Waals surface area (Å²) in [6.07, 6.45) is 3.28. The van der Waals surface area contributed by atoms with Gasteiger partial charge in [0, 0.05) is 9.90 Å². The molecule has 0 radical (unpaired) electrons. The third-order valence-electron chi connectivity index (χ3n) is 3.56. The summed E-state index contributed by atoms with van der Waals surface area (Å²) in [6.45, 7) is 0. The summed E-state index contributed by atoms with van der Waals surface area (Å²) in [5, 5.41) is 9.89. The highest BCUT2D eigenvalue weighted by Gasteiger charge is 2.26. The van der Waals surface area contributed by atoms with E-state index >= 15 is 0 Å². The number of ketones is 1. The highest BCUT2D eigenvalue weighted by atomic mass is 35.5. The van der Waals surface area contributed by atoms with Gasteiger partial charge in [-0.15, -0.1) is 11.3 Å². The van der Waals surface area contributed by atoms with Crippen LogP contribution in [0.15, 0.2) is 30.3 Å². The van der Waals surface area contributed by atoms with Crippen molar-refractivity contribution in [3.05, 3.63) is 56.2 Å². The van der Waals surface area contributed by atoms with Crippen LogP contribution in [0.2, 0.25) is 5.02 Å². The van der Waals surface area contributed by atoms with Gasteiger partial charge in [0.25, 0.3) is 0 Å². The van der Waals surface area contributed by atoms with Crippen LogP contribution in [0.4, 0.5) is 0 Å². The Hall–Kier alpha value is -1.63. The van der Waals surface area contributed by atoms with Crippen molar-refractivity contribution in [2.45, 2.75) is 25.2 Å². The summed E-state index contributed by atoms with van der Waals surface area (Å²) < 4.78 is 0. The van der Waals surface area contributed by atoms with Gasteiger partial charge in [-0.05, 0) is 48.6 Å². The average molecular weight is 302 g/mol. The van der Waals surface area contributed by atoms with Crippen LogP contribution in [-0.2, 0) is 12.8 Å². The standard InChI is InChI=1S/C16H12ClNOS/c17-12-5-1-3-10(7-12)13(9-18)16(19)15-8-11-4-2-6-14(11)20-15/h1,3,5,7-8,13H,2,4,6H2. The first-order valence-corrected chi connectivity index (χ1v) is 7.69. The van der Waals surface area contributed by atoms with E-state index in [2.05, 4.69) is 6.07 Å². The molecular formula is C16H12ClNOS. The number of rotatable bonds is 3. The minimum atomic E-state index is -0.771. The predicted molar refractivity (Wildman–Crippen MR) is 80.5 cm³/mol. The molecule has 0 N–H and O–H groups in total. The number of benzene rings is 1. The Morgan fingerprint density at radius 2 is 2.20 bits per heavy atom. The van der Waals surface area contributed by atoms with Crippen molar-refractivity contribution in [3.8, 4) is 6.07 Å². The van der Waals surface area contributed by atoms with E-state index in [1.165, 1.54) is 28.2 Å². The van der Waals surface area contributed by atoms with Crippen LogP contribution in [0.3, 0.4) is 0 Å². The van der Waals surface area contributed by atoms with E-state index < -0.39 is 5.92 Å². The van der Waals surface area contributed by atoms with Crippen LogP contribution in [0, 0.1) is 11.3 Å². The molecule has 20 heavy (non-hydrogen) atoms. The van der Waals surface area contributed by atoms with Crippen molar-refractivity contribution in [2.75, 3.05) is 0 Å². The topological polar surface area (TPSA) is 40.9 Å². The molecule has 2 nitrogen and oxygen atoms in total. The molecule has 2 aromatic rings. The number of nitrogens with zero attached hydrogens (tertiary/aromatic N) is 1. The fraction of sp³-hybridized carbons (Fsp3) is 0.250. The van der Waals surface area contributed by atoms with E-state index in [4.69, 9.17) is 11.6 Å². The first kappa shape index (κ1) is 13.4. The maximum atomic E-state index is 12.5. The summed E-state index contributed by atoms with van der Waals surface area (Å²) >= 11 is 7.48. The second kappa shape index (κ2) is 5.40. The molecule has 0 aliphatic heterocycles. The molecule has 0 spiro atoms. The Balaban J connectivity index is 1.93. The summed E-state index contributed by atoms with van der Waals surface area (Å²) in [6, 6.07) is 11.0. The maximum Gasteiger partial charge on any atom is 0.194 e. The Labute approximate surface area is 126 Å². The van der Waals surface area contributed by atoms with Gasteiger partial charge in [-0.2, -0.15) is 5.26 Å². The van der Waals surface area contributed by atoms with Gasteiger partial charge in [-0.3, -0.25) is 4.79 Å². The van der Waals surface area contributed by atoms with Crippen molar-refractivity contribution < 1.29 is 4.79 Å². The molecule has 1 aliphatic carbocycles. The van der Waals surface area contributed by atoms with Crippen molar-refractivity contribution in [2.24, 2.45) is 0 Å². The van der Waals surface area contributed by atoms with E-state index in [-0.39, 0.29) is 5.78 Å². The highest BCUT2D eigenvalue weighted by Crippen LogP contribution is 2.33. The van der Waals surface area contributed by atoms with Crippen LogP contribution in [0.5, 0.6) is 0 Å². The maximum absolute atomic E-state index is 12.5. The largest absolute Gasteiger partial charge is 0.291 e. The quantitative estimate of drug-likeness (QED) is 0.789. The van der Waals surface area contributed by atoms with Crippen LogP contribution in [0.1, 0.15) is 38.0 Å². The zero-order chi connectivity index (χ0) is 14.1. The van der Waals surface area contributed by atoms with Crippen molar-refractivity contribution in [1.29, 1.82) is 5.26 Å². The minimum absolute atomic E-state index is 0.117. The van der Waals surface area contributed by atoms with Gasteiger partial charge in [0.1, 0.15) is 5.92 Å². The number of carbonyl (C=O) groups is 1. The molecular weight excluding hydrogens is 290 g/mol. The first-order chi connectivity index (χ1) is 9.69. The monoisotopic (exact) mass is 301 g/mol. The summed E-state index contributed by atoms with van der Waals surface area (Å²) in [5.74, 6) is -0.887. The molecule has 1 aliphatic rings. The SMILES string of the molecule is N#CC(C(=O)c1cc2c(s1)CCC2)c1cccc(Cl)c1. The number of hydrogen-bond donors (Lipinski definition) is 0. The van der Waals surface area contributed by atoms with E-state index in [1.807, 2.05) is 6.07 Å². The number of hydrogen-bond acceptors (Lipinski definition) is 3. The minimum Gasteiger partial charge on any atom is -0.291 e. The van der Waals surface area contributed by atoms with Crippen LogP contribution in [-0.4, -0.2) is 5.78 Å². The lowest BCUT2D eigenvalue weighted by Crippen LogP contribution is -2.09. The van der Waals surface area contributed by atoms with Gasteiger partial charge < -0.3 is 0 Å². The van der Waals surface area contributed by atoms with Gasteiger partial charge in [0.05, 0.1) is 10.9 Å². The molecule has 100 valence electrons. The molecule has 1 aromatic carbocycles. The van der Waals surface area contributed by atoms with Crippen LogP contribution < -0.4 is 0 Å². The summed E-state index contributed by atoms with van der Waals surface area (Å²) in [7, 11) is 0. The predicted octanol–water partition coefficient (Wildman–Crippen LogP) is 4.38. The second-order valence-corrected chi connectivity index (χ2v) is 6.47. The molecule has 1 atom stereocenters. The number of thiophene rings is 1. The van der Waals surface area contributed by atoms with Gasteiger partial charge in [0.2, 0.25) is 0 Å². The van der Waals surface area contributed by atoms with Crippen LogP contribution in [0.25, 0.3) is 0 Å². The van der Waals surface area contributed by atoms with Crippen molar-refractivity contribution >= 4 is 28.7 Å². The number of aryl methyl sites for hydroxylation is 2. The third-order valence-corrected chi connectivity index (χ3v) is 5.05. The molecule has 0 saturated heterocycles. The van der Waals surface area contributed by atoms with Gasteiger partial charge in [-0.1, -0.05) is 23.7 Å². The number of halogens is 1. The van der Waals surface area contributed by atoms with Crippen LogP contribution >= 0.6 is 22.9 Å². The van der Waals surface area contributed by atoms with E-state index in [0.717, 1.165) is 12.8 Å². The summed E-state index contributed by atoms with van der Waals surface area (Å²) in [4.78, 5) is 14.5. The Bertz CT molecular complexity index is 692. The molecule has 0 bridgehead atoms. The van der Waals surface area contributed by atoms with Gasteiger partial charge >= 0.3 is 0 Å². The number of Topliss-reactive ketones (excluding diaryl/α,β-unsaturated/α-hetero) is 1. The van der Waals surface area contributed by atoms with E-state index in [0.29, 0.717) is 15.5 Å². The molecule has 4 heteroatoms. The zero-order valence-corrected chi connectivity index (χ0v) is 12.3. The second-order valence-electron chi connectivity index (χ2n) is 4.89. The number of nitriles is 1. The third kappa shape index (κ3) is 2.37. The fourth-order valence-electron chi connectivity index (χ4n) is 2.56. The summed E-state index contributed by atoms with van der Waals surface area (Å²) in [5.41, 5.74) is 1.94. The molecule has 1 aromatic heterocycles. The Morgan fingerprint density at radius 1 is 1.35 bits per heavy atom. The molecule has 0 saturated carbocycles. The van der Waals surface area contributed by atoms with Gasteiger partial charge in [-0.25, -0.2) is 0 Å². The fourth-order valence-corrected chi connectivity index (χ4v) is 3.99. The molecule has 0 amide bonds. The van der Waals surface area contributed by atoms with Gasteiger partial charge in [0.15, 0.2) is 5.78 Å². The Morgan fingerprint density at radius 3 is 2.90 bits per heavy atom. The average Bonchev–Trinajstić information content (AvgIpc) is 3.00. The van der Waals surface area contributed by atoms with Crippen molar-refractivity contribution in [1.82, 2.24) is 0 Å². The number of fused-ring (bicyclic) bond motifs is 1. The highest BCUT2D eigenvalue weighted by molar-refractivity contribution is 7.14. The van der Waals surface area contributed by atoms with Crippen molar-refractivity contribution in [3.63, 3.8) is 0 Å². The molecule has 3 rings (SSSR count).